The van der Waals surface area contributed by atoms with Gasteiger partial charge in [0, 0.05) is 11.9 Å². The Labute approximate surface area is 115 Å². The van der Waals surface area contributed by atoms with E-state index in [0.29, 0.717) is 5.25 Å². The van der Waals surface area contributed by atoms with Crippen LogP contribution < -0.4 is 5.32 Å². The number of fused-ring (bicyclic) bond motifs is 1. The summed E-state index contributed by atoms with van der Waals surface area (Å²) in [5, 5.41) is 4.92. The molecule has 96 valence electrons. The van der Waals surface area contributed by atoms with Crippen LogP contribution in [0.4, 0.5) is 5.82 Å². The minimum absolute atomic E-state index is 0.490. The highest BCUT2D eigenvalue weighted by Crippen LogP contribution is 2.41. The van der Waals surface area contributed by atoms with Crippen molar-refractivity contribution in [1.29, 1.82) is 0 Å². The van der Waals surface area contributed by atoms with Crippen molar-refractivity contribution in [2.45, 2.75) is 31.9 Å². The molecule has 2 aromatic heterocycles. The van der Waals surface area contributed by atoms with Crippen molar-refractivity contribution >= 4 is 39.1 Å². The molecule has 3 nitrogen and oxygen atoms in total. The van der Waals surface area contributed by atoms with Crippen molar-refractivity contribution in [3.05, 3.63) is 16.3 Å². The van der Waals surface area contributed by atoms with Crippen LogP contribution in [0.1, 0.15) is 34.4 Å². The van der Waals surface area contributed by atoms with Gasteiger partial charge in [0.05, 0.1) is 10.6 Å². The summed E-state index contributed by atoms with van der Waals surface area (Å²) in [6, 6.07) is 0. The molecule has 1 atom stereocenters. The molecule has 3 heterocycles. The van der Waals surface area contributed by atoms with E-state index in [4.69, 9.17) is 9.97 Å². The fourth-order valence-electron chi connectivity index (χ4n) is 2.37. The Hall–Kier alpha value is -0.810. The number of nitrogens with one attached hydrogen (secondary N) is 1. The molecule has 0 bridgehead atoms. The molecule has 2 aromatic rings. The number of aromatic nitrogens is 2. The van der Waals surface area contributed by atoms with Crippen LogP contribution in [0.25, 0.3) is 10.2 Å². The topological polar surface area (TPSA) is 37.8 Å². The maximum atomic E-state index is 4.79. The van der Waals surface area contributed by atoms with Crippen LogP contribution in [0.2, 0.25) is 0 Å². The van der Waals surface area contributed by atoms with Crippen LogP contribution in [0.5, 0.6) is 0 Å². The second-order valence-corrected chi connectivity index (χ2v) is 7.16. The average Bonchev–Trinajstić information content (AvgIpc) is 2.98. The predicted molar refractivity (Wildman–Crippen MR) is 80.9 cm³/mol. The molecule has 0 spiro atoms. The van der Waals surface area contributed by atoms with Crippen LogP contribution in [0, 0.1) is 13.8 Å². The van der Waals surface area contributed by atoms with Crippen LogP contribution >= 0.6 is 23.1 Å². The summed E-state index contributed by atoms with van der Waals surface area (Å²) < 4.78 is 0. The third-order valence-corrected chi connectivity index (χ3v) is 5.97. The SMILES string of the molecule is CNc1nc(C2CCCS2)nc2sc(C)c(C)c12. The Balaban J connectivity index is 2.18. The first-order chi connectivity index (χ1) is 8.70. The monoisotopic (exact) mass is 279 g/mol. The van der Waals surface area contributed by atoms with Crippen LogP contribution in [-0.2, 0) is 0 Å². The predicted octanol–water partition coefficient (Wildman–Crippen LogP) is 3.92. The first kappa shape index (κ1) is 12.2. The number of rotatable bonds is 2. The van der Waals surface area contributed by atoms with Gasteiger partial charge in [-0.15, -0.1) is 11.3 Å². The third-order valence-electron chi connectivity index (χ3n) is 3.50. The molecule has 0 saturated carbocycles. The summed E-state index contributed by atoms with van der Waals surface area (Å²) in [4.78, 5) is 12.0. The lowest BCUT2D eigenvalue weighted by molar-refractivity contribution is 0.784. The van der Waals surface area contributed by atoms with Crippen molar-refractivity contribution in [2.24, 2.45) is 0 Å². The van der Waals surface area contributed by atoms with E-state index < -0.39 is 0 Å². The second-order valence-electron chi connectivity index (χ2n) is 4.65. The summed E-state index contributed by atoms with van der Waals surface area (Å²) in [7, 11) is 1.94. The zero-order chi connectivity index (χ0) is 12.7. The van der Waals surface area contributed by atoms with Gasteiger partial charge in [0.1, 0.15) is 16.5 Å². The first-order valence-corrected chi connectivity index (χ1v) is 8.14. The molecule has 18 heavy (non-hydrogen) atoms. The van der Waals surface area contributed by atoms with Crippen molar-refractivity contribution in [1.82, 2.24) is 9.97 Å². The number of nitrogens with zero attached hydrogens (tertiary/aromatic N) is 2. The van der Waals surface area contributed by atoms with Gasteiger partial charge in [-0.05, 0) is 38.0 Å². The van der Waals surface area contributed by atoms with Crippen molar-refractivity contribution < 1.29 is 0 Å². The number of thioether (sulfide) groups is 1. The van der Waals surface area contributed by atoms with Gasteiger partial charge in [-0.3, -0.25) is 0 Å². The Morgan fingerprint density at radius 1 is 1.28 bits per heavy atom. The van der Waals surface area contributed by atoms with Gasteiger partial charge in [-0.1, -0.05) is 0 Å². The molecule has 1 aliphatic heterocycles. The van der Waals surface area contributed by atoms with Gasteiger partial charge in [0.2, 0.25) is 0 Å². The average molecular weight is 279 g/mol. The number of hydrogen-bond donors (Lipinski definition) is 1. The number of hydrogen-bond acceptors (Lipinski definition) is 5. The minimum Gasteiger partial charge on any atom is -0.372 e. The highest BCUT2D eigenvalue weighted by molar-refractivity contribution is 7.99. The Bertz CT molecular complexity index is 585. The fraction of sp³-hybridized carbons (Fsp3) is 0.538. The summed E-state index contributed by atoms with van der Waals surface area (Å²) in [6.07, 6.45) is 2.50. The standard InChI is InChI=1S/C13H17N3S2/c1-7-8(2)18-13-10(7)12(14-3)15-11(16-13)9-5-4-6-17-9/h9H,4-6H2,1-3H3,(H,14,15,16). The maximum absolute atomic E-state index is 4.79. The van der Waals surface area contributed by atoms with Gasteiger partial charge in [0.25, 0.3) is 0 Å². The van der Waals surface area contributed by atoms with E-state index in [1.54, 1.807) is 11.3 Å². The Morgan fingerprint density at radius 2 is 2.11 bits per heavy atom. The van der Waals surface area contributed by atoms with E-state index in [9.17, 15) is 0 Å². The number of aryl methyl sites for hydroxylation is 2. The molecule has 0 radical (unpaired) electrons. The van der Waals surface area contributed by atoms with Gasteiger partial charge in [0.15, 0.2) is 0 Å². The van der Waals surface area contributed by atoms with Gasteiger partial charge in [-0.2, -0.15) is 11.8 Å². The first-order valence-electron chi connectivity index (χ1n) is 6.27. The summed E-state index contributed by atoms with van der Waals surface area (Å²) in [5.41, 5.74) is 1.31. The summed E-state index contributed by atoms with van der Waals surface area (Å²) >= 11 is 3.77. The zero-order valence-electron chi connectivity index (χ0n) is 10.9. The van der Waals surface area contributed by atoms with Crippen molar-refractivity contribution in [3.8, 4) is 0 Å². The van der Waals surface area contributed by atoms with Crippen LogP contribution in [0.3, 0.4) is 0 Å². The van der Waals surface area contributed by atoms with E-state index in [2.05, 4.69) is 19.2 Å². The van der Waals surface area contributed by atoms with E-state index in [0.717, 1.165) is 16.5 Å². The molecule has 1 unspecified atom stereocenters. The molecule has 1 N–H and O–H groups in total. The third kappa shape index (κ3) is 1.89. The molecular formula is C13H17N3S2. The Kier molecular flexibility index (Phi) is 3.20. The van der Waals surface area contributed by atoms with Gasteiger partial charge in [-0.25, -0.2) is 9.97 Å². The number of thiophene rings is 1. The lowest BCUT2D eigenvalue weighted by Gasteiger charge is -2.10. The van der Waals surface area contributed by atoms with Gasteiger partial charge >= 0.3 is 0 Å². The van der Waals surface area contributed by atoms with Crippen molar-refractivity contribution in [2.75, 3.05) is 18.1 Å². The second kappa shape index (κ2) is 4.70. The van der Waals surface area contributed by atoms with E-state index >= 15 is 0 Å². The number of anilines is 1. The molecular weight excluding hydrogens is 262 g/mol. The van der Waals surface area contributed by atoms with Gasteiger partial charge < -0.3 is 5.32 Å². The molecule has 1 saturated heterocycles. The zero-order valence-corrected chi connectivity index (χ0v) is 12.5. The lowest BCUT2D eigenvalue weighted by Crippen LogP contribution is -2.02. The molecule has 0 aliphatic carbocycles. The van der Waals surface area contributed by atoms with E-state index in [-0.39, 0.29) is 0 Å². The maximum Gasteiger partial charge on any atom is 0.145 e. The molecule has 0 amide bonds. The quantitative estimate of drug-likeness (QED) is 0.904. The minimum atomic E-state index is 0.490. The van der Waals surface area contributed by atoms with E-state index in [1.165, 1.54) is 34.4 Å². The highest BCUT2D eigenvalue weighted by Gasteiger charge is 2.23. The Morgan fingerprint density at radius 3 is 2.78 bits per heavy atom. The fourth-order valence-corrected chi connectivity index (χ4v) is 4.61. The van der Waals surface area contributed by atoms with Crippen LogP contribution in [-0.4, -0.2) is 22.8 Å². The molecule has 5 heteroatoms. The smallest absolute Gasteiger partial charge is 0.145 e. The molecule has 0 aromatic carbocycles. The van der Waals surface area contributed by atoms with Crippen molar-refractivity contribution in [3.63, 3.8) is 0 Å². The largest absolute Gasteiger partial charge is 0.372 e. The van der Waals surface area contributed by atoms with E-state index in [1.807, 2.05) is 18.8 Å². The summed E-state index contributed by atoms with van der Waals surface area (Å²) in [6.45, 7) is 4.31. The highest BCUT2D eigenvalue weighted by atomic mass is 32.2. The molecule has 3 rings (SSSR count). The summed E-state index contributed by atoms with van der Waals surface area (Å²) in [5.74, 6) is 3.24. The van der Waals surface area contributed by atoms with Crippen LogP contribution in [0.15, 0.2) is 0 Å². The normalized spacial score (nSPS) is 19.6. The lowest BCUT2D eigenvalue weighted by atomic mass is 10.2. The molecule has 1 aliphatic rings. The molecule has 1 fully saturated rings.